The summed E-state index contributed by atoms with van der Waals surface area (Å²) in [5.74, 6) is 0.0824. The first-order chi connectivity index (χ1) is 13.0. The third kappa shape index (κ3) is 3.28. The average molecular weight is 424 g/mol. The van der Waals surface area contributed by atoms with Crippen molar-refractivity contribution < 1.29 is 4.79 Å². The van der Waals surface area contributed by atoms with E-state index in [9.17, 15) is 4.79 Å². The zero-order chi connectivity index (χ0) is 19.1. The number of fused-ring (bicyclic) bond motifs is 1. The van der Waals surface area contributed by atoms with Crippen LogP contribution >= 0.6 is 34.8 Å². The molecule has 0 radical (unpaired) electrons. The Hall–Kier alpha value is -1.82. The highest BCUT2D eigenvalue weighted by molar-refractivity contribution is 6.42. The van der Waals surface area contributed by atoms with Gasteiger partial charge in [0.25, 0.3) is 0 Å². The smallest absolute Gasteiger partial charge is 0.234 e. The molecule has 1 aromatic heterocycles. The number of hydrogen-bond donors (Lipinski definition) is 0. The third-order valence-corrected chi connectivity index (χ3v) is 5.96. The van der Waals surface area contributed by atoms with Crippen molar-refractivity contribution in [3.05, 3.63) is 57.2 Å². The Morgan fingerprint density at radius 3 is 2.67 bits per heavy atom. The lowest BCUT2D eigenvalue weighted by atomic mass is 9.87. The highest BCUT2D eigenvalue weighted by Gasteiger charge is 2.41. The molecule has 0 saturated carbocycles. The lowest BCUT2D eigenvalue weighted by Crippen LogP contribution is -2.45. The Balaban J connectivity index is 1.83. The van der Waals surface area contributed by atoms with E-state index in [-0.39, 0.29) is 5.91 Å². The average Bonchev–Trinajstić information content (AvgIpc) is 3.03. The SMILES string of the molecule is CC1=Nc2c(Cl)cnn2C(c2ccc(Cl)c(Cl)c2)C1C(=O)N1CC=CCC1. The van der Waals surface area contributed by atoms with Gasteiger partial charge in [-0.3, -0.25) is 4.79 Å². The summed E-state index contributed by atoms with van der Waals surface area (Å²) < 4.78 is 1.71. The zero-order valence-electron chi connectivity index (χ0n) is 14.6. The second-order valence-corrected chi connectivity index (χ2v) is 7.88. The van der Waals surface area contributed by atoms with Crippen molar-refractivity contribution in [2.75, 3.05) is 13.1 Å². The van der Waals surface area contributed by atoms with E-state index in [4.69, 9.17) is 34.8 Å². The summed E-state index contributed by atoms with van der Waals surface area (Å²) in [6.07, 6.45) is 6.51. The van der Waals surface area contributed by atoms with E-state index in [1.165, 1.54) is 0 Å². The standard InChI is InChI=1S/C19H17Cl3N4O/c1-11-16(19(27)25-7-3-2-4-8-25)17(12-5-6-13(20)14(21)9-12)26-18(24-11)15(22)10-23-26/h2-3,5-6,9-10,16-17H,4,7-8H2,1H3. The number of carbonyl (C=O) groups is 1. The van der Waals surface area contributed by atoms with E-state index in [0.717, 1.165) is 12.0 Å². The molecule has 2 aliphatic heterocycles. The van der Waals surface area contributed by atoms with Crippen LogP contribution in [-0.2, 0) is 4.79 Å². The Morgan fingerprint density at radius 2 is 1.96 bits per heavy atom. The van der Waals surface area contributed by atoms with E-state index in [1.807, 2.05) is 24.0 Å². The van der Waals surface area contributed by atoms with E-state index in [0.29, 0.717) is 39.7 Å². The van der Waals surface area contributed by atoms with Crippen molar-refractivity contribution in [3.8, 4) is 0 Å². The van der Waals surface area contributed by atoms with Crippen molar-refractivity contribution >= 4 is 52.2 Å². The minimum atomic E-state index is -0.489. The molecule has 1 aromatic carbocycles. The highest BCUT2D eigenvalue weighted by Crippen LogP contribution is 2.41. The number of carbonyl (C=O) groups excluding carboxylic acids is 1. The molecule has 2 atom stereocenters. The molecule has 2 unspecified atom stereocenters. The van der Waals surface area contributed by atoms with Gasteiger partial charge in [-0.2, -0.15) is 5.10 Å². The molecule has 3 heterocycles. The fraction of sp³-hybridized carbons (Fsp3) is 0.316. The number of hydrogen-bond acceptors (Lipinski definition) is 3. The van der Waals surface area contributed by atoms with E-state index in [1.54, 1.807) is 23.0 Å². The Kier molecular flexibility index (Phi) is 5.01. The molecule has 0 saturated heterocycles. The fourth-order valence-electron chi connectivity index (χ4n) is 3.63. The van der Waals surface area contributed by atoms with Gasteiger partial charge in [-0.05, 0) is 31.0 Å². The number of nitrogens with zero attached hydrogens (tertiary/aromatic N) is 4. The monoisotopic (exact) mass is 422 g/mol. The van der Waals surface area contributed by atoms with Crippen LogP contribution in [0.2, 0.25) is 15.1 Å². The first kappa shape index (κ1) is 18.5. The fourth-order valence-corrected chi connectivity index (χ4v) is 4.11. The van der Waals surface area contributed by atoms with Crippen LogP contribution in [-0.4, -0.2) is 39.4 Å². The number of amides is 1. The van der Waals surface area contributed by atoms with Gasteiger partial charge in [-0.15, -0.1) is 0 Å². The molecular weight excluding hydrogens is 407 g/mol. The summed E-state index contributed by atoms with van der Waals surface area (Å²) in [6, 6.07) is 4.99. The van der Waals surface area contributed by atoms with Crippen LogP contribution < -0.4 is 0 Å². The van der Waals surface area contributed by atoms with Gasteiger partial charge in [0.2, 0.25) is 5.91 Å². The summed E-state index contributed by atoms with van der Waals surface area (Å²) in [6.45, 7) is 3.16. The van der Waals surface area contributed by atoms with Crippen LogP contribution in [0.25, 0.3) is 0 Å². The number of aromatic nitrogens is 2. The lowest BCUT2D eigenvalue weighted by molar-refractivity contribution is -0.134. The molecule has 140 valence electrons. The van der Waals surface area contributed by atoms with E-state index >= 15 is 0 Å². The topological polar surface area (TPSA) is 50.5 Å². The van der Waals surface area contributed by atoms with Gasteiger partial charge in [0.1, 0.15) is 10.9 Å². The predicted molar refractivity (Wildman–Crippen MR) is 108 cm³/mol. The van der Waals surface area contributed by atoms with Crippen LogP contribution in [0.15, 0.2) is 41.5 Å². The molecule has 0 bridgehead atoms. The summed E-state index contributed by atoms with van der Waals surface area (Å²) in [4.78, 5) is 19.8. The summed E-state index contributed by atoms with van der Waals surface area (Å²) >= 11 is 18.6. The normalized spacial score (nSPS) is 21.8. The Morgan fingerprint density at radius 1 is 1.15 bits per heavy atom. The quantitative estimate of drug-likeness (QED) is 0.642. The summed E-state index contributed by atoms with van der Waals surface area (Å²) in [5.41, 5.74) is 1.55. The van der Waals surface area contributed by atoms with Gasteiger partial charge >= 0.3 is 0 Å². The molecule has 0 spiro atoms. The summed E-state index contributed by atoms with van der Waals surface area (Å²) in [5, 5.41) is 5.74. The van der Waals surface area contributed by atoms with Gasteiger partial charge in [0, 0.05) is 18.8 Å². The largest absolute Gasteiger partial charge is 0.338 e. The molecule has 2 aromatic rings. The van der Waals surface area contributed by atoms with Crippen molar-refractivity contribution in [2.45, 2.75) is 19.4 Å². The molecular formula is C19H17Cl3N4O. The molecule has 0 aliphatic carbocycles. The maximum absolute atomic E-state index is 13.4. The molecule has 8 heteroatoms. The van der Waals surface area contributed by atoms with Crippen molar-refractivity contribution in [3.63, 3.8) is 0 Å². The van der Waals surface area contributed by atoms with Gasteiger partial charge < -0.3 is 4.90 Å². The molecule has 4 rings (SSSR count). The van der Waals surface area contributed by atoms with Crippen LogP contribution in [0.1, 0.15) is 24.9 Å². The number of benzene rings is 1. The third-order valence-electron chi connectivity index (χ3n) is 4.96. The van der Waals surface area contributed by atoms with Crippen molar-refractivity contribution in [1.29, 1.82) is 0 Å². The first-order valence-electron chi connectivity index (χ1n) is 8.64. The molecule has 5 nitrogen and oxygen atoms in total. The molecule has 27 heavy (non-hydrogen) atoms. The van der Waals surface area contributed by atoms with Gasteiger partial charge in [-0.1, -0.05) is 53.0 Å². The predicted octanol–water partition coefficient (Wildman–Crippen LogP) is 4.94. The maximum Gasteiger partial charge on any atom is 0.234 e. The van der Waals surface area contributed by atoms with Crippen molar-refractivity contribution in [1.82, 2.24) is 14.7 Å². The number of halogens is 3. The minimum Gasteiger partial charge on any atom is -0.338 e. The Bertz CT molecular complexity index is 966. The second-order valence-electron chi connectivity index (χ2n) is 6.65. The minimum absolute atomic E-state index is 0.0222. The maximum atomic E-state index is 13.4. The molecule has 0 fully saturated rings. The van der Waals surface area contributed by atoms with Crippen LogP contribution in [0.5, 0.6) is 0 Å². The van der Waals surface area contributed by atoms with E-state index in [2.05, 4.69) is 16.2 Å². The number of rotatable bonds is 2. The molecule has 1 amide bonds. The number of aliphatic imine (C=N–C) groups is 1. The molecule has 2 aliphatic rings. The first-order valence-corrected chi connectivity index (χ1v) is 9.77. The highest BCUT2D eigenvalue weighted by atomic mass is 35.5. The second kappa shape index (κ2) is 7.30. The van der Waals surface area contributed by atoms with E-state index < -0.39 is 12.0 Å². The molecule has 0 N–H and O–H groups in total. The Labute approximate surface area is 172 Å². The van der Waals surface area contributed by atoms with Crippen LogP contribution in [0, 0.1) is 5.92 Å². The zero-order valence-corrected chi connectivity index (χ0v) is 16.8. The van der Waals surface area contributed by atoms with Gasteiger partial charge in [0.05, 0.1) is 22.3 Å². The summed E-state index contributed by atoms with van der Waals surface area (Å²) in [7, 11) is 0. The lowest BCUT2D eigenvalue weighted by Gasteiger charge is -2.35. The van der Waals surface area contributed by atoms with Gasteiger partial charge in [0.15, 0.2) is 5.82 Å². The van der Waals surface area contributed by atoms with Gasteiger partial charge in [-0.25, -0.2) is 9.67 Å². The van der Waals surface area contributed by atoms with Crippen LogP contribution in [0.3, 0.4) is 0 Å². The van der Waals surface area contributed by atoms with Crippen LogP contribution in [0.4, 0.5) is 5.82 Å². The van der Waals surface area contributed by atoms with Crippen molar-refractivity contribution in [2.24, 2.45) is 10.9 Å².